The largest absolute Gasteiger partial charge is 0.497 e. The van der Waals surface area contributed by atoms with Gasteiger partial charge in [-0.25, -0.2) is 4.99 Å². The van der Waals surface area contributed by atoms with E-state index in [0.29, 0.717) is 23.7 Å². The van der Waals surface area contributed by atoms with Crippen molar-refractivity contribution in [3.63, 3.8) is 0 Å². The Bertz CT molecular complexity index is 460. The summed E-state index contributed by atoms with van der Waals surface area (Å²) in [7, 11) is 3.23. The first-order valence-electron chi connectivity index (χ1n) is 5.96. The molecule has 1 aliphatic carbocycles. The number of guanidine groups is 1. The Hall–Kier alpha value is -1.91. The van der Waals surface area contributed by atoms with Gasteiger partial charge in [-0.15, -0.1) is 0 Å². The van der Waals surface area contributed by atoms with Crippen molar-refractivity contribution in [1.82, 2.24) is 0 Å². The smallest absolute Gasteiger partial charge is 0.193 e. The van der Waals surface area contributed by atoms with E-state index in [0.717, 1.165) is 17.9 Å². The maximum Gasteiger partial charge on any atom is 0.193 e. The van der Waals surface area contributed by atoms with Gasteiger partial charge in [0.15, 0.2) is 5.96 Å². The van der Waals surface area contributed by atoms with E-state index in [4.69, 9.17) is 15.2 Å². The number of rotatable bonds is 4. The second-order valence-electron chi connectivity index (χ2n) is 4.49. The molecule has 98 valence electrons. The van der Waals surface area contributed by atoms with Crippen LogP contribution in [-0.4, -0.2) is 26.2 Å². The molecule has 1 aromatic carbocycles. The van der Waals surface area contributed by atoms with Crippen LogP contribution in [0.4, 0.5) is 5.69 Å². The molecule has 0 amide bonds. The van der Waals surface area contributed by atoms with E-state index in [1.807, 2.05) is 18.2 Å². The van der Waals surface area contributed by atoms with Gasteiger partial charge in [0.25, 0.3) is 0 Å². The number of nitrogens with zero attached hydrogens (tertiary/aromatic N) is 1. The highest BCUT2D eigenvalue weighted by Gasteiger charge is 2.32. The summed E-state index contributed by atoms with van der Waals surface area (Å²) in [6.07, 6.45) is 1.11. The van der Waals surface area contributed by atoms with Crippen molar-refractivity contribution >= 4 is 11.6 Å². The van der Waals surface area contributed by atoms with Gasteiger partial charge >= 0.3 is 0 Å². The third-order valence-electron chi connectivity index (χ3n) is 3.04. The lowest BCUT2D eigenvalue weighted by molar-refractivity contribution is 0.405. The molecule has 3 N–H and O–H groups in total. The maximum absolute atomic E-state index is 5.87. The van der Waals surface area contributed by atoms with Crippen LogP contribution in [0, 0.1) is 5.92 Å². The summed E-state index contributed by atoms with van der Waals surface area (Å²) in [6, 6.07) is 5.85. The van der Waals surface area contributed by atoms with Crippen LogP contribution in [0.15, 0.2) is 23.2 Å². The lowest BCUT2D eigenvalue weighted by atomic mass is 10.2. The van der Waals surface area contributed by atoms with Crippen molar-refractivity contribution in [3.05, 3.63) is 18.2 Å². The van der Waals surface area contributed by atoms with Crippen molar-refractivity contribution in [2.45, 2.75) is 19.4 Å². The van der Waals surface area contributed by atoms with E-state index in [9.17, 15) is 0 Å². The molecule has 5 nitrogen and oxygen atoms in total. The molecule has 5 heteroatoms. The number of ether oxygens (including phenoxy) is 2. The Morgan fingerprint density at radius 3 is 2.67 bits per heavy atom. The summed E-state index contributed by atoms with van der Waals surface area (Å²) in [5.74, 6) is 2.50. The van der Waals surface area contributed by atoms with Gasteiger partial charge < -0.3 is 20.5 Å². The molecule has 0 bridgehead atoms. The van der Waals surface area contributed by atoms with Crippen LogP contribution in [0.2, 0.25) is 0 Å². The monoisotopic (exact) mass is 249 g/mol. The molecule has 1 aromatic rings. The van der Waals surface area contributed by atoms with Gasteiger partial charge in [0.05, 0.1) is 25.9 Å². The number of methoxy groups -OCH3 is 2. The van der Waals surface area contributed by atoms with Crippen molar-refractivity contribution < 1.29 is 9.47 Å². The Morgan fingerprint density at radius 2 is 2.11 bits per heavy atom. The Balaban J connectivity index is 2.13. The molecule has 1 saturated carbocycles. The van der Waals surface area contributed by atoms with Gasteiger partial charge in [-0.05, 0) is 24.5 Å². The summed E-state index contributed by atoms with van der Waals surface area (Å²) in [4.78, 5) is 4.38. The molecule has 1 aliphatic rings. The molecule has 2 unspecified atom stereocenters. The highest BCUT2D eigenvalue weighted by atomic mass is 16.5. The molecular formula is C13H19N3O2. The number of nitrogens with one attached hydrogen (secondary N) is 1. The molecular weight excluding hydrogens is 230 g/mol. The first-order valence-corrected chi connectivity index (χ1v) is 5.96. The van der Waals surface area contributed by atoms with E-state index in [1.54, 1.807) is 14.2 Å². The maximum atomic E-state index is 5.87. The zero-order chi connectivity index (χ0) is 13.1. The van der Waals surface area contributed by atoms with Gasteiger partial charge in [0.1, 0.15) is 11.5 Å². The van der Waals surface area contributed by atoms with Crippen molar-refractivity contribution in [2.75, 3.05) is 19.5 Å². The molecule has 18 heavy (non-hydrogen) atoms. The molecule has 0 spiro atoms. The van der Waals surface area contributed by atoms with Crippen LogP contribution in [0.5, 0.6) is 11.5 Å². The Morgan fingerprint density at radius 1 is 1.39 bits per heavy atom. The molecule has 0 heterocycles. The summed E-state index contributed by atoms with van der Waals surface area (Å²) in [5.41, 5.74) is 6.62. The van der Waals surface area contributed by atoms with Crippen LogP contribution in [0.3, 0.4) is 0 Å². The fourth-order valence-corrected chi connectivity index (χ4v) is 1.74. The number of hydrogen-bond donors (Lipinski definition) is 2. The van der Waals surface area contributed by atoms with Gasteiger partial charge in [-0.2, -0.15) is 0 Å². The minimum absolute atomic E-state index is 0.356. The van der Waals surface area contributed by atoms with E-state index >= 15 is 0 Å². The fraction of sp³-hybridized carbons (Fsp3) is 0.462. The molecule has 0 saturated heterocycles. The van der Waals surface area contributed by atoms with E-state index < -0.39 is 0 Å². The number of hydrogen-bond acceptors (Lipinski definition) is 3. The third kappa shape index (κ3) is 2.85. The van der Waals surface area contributed by atoms with Crippen LogP contribution in [-0.2, 0) is 0 Å². The van der Waals surface area contributed by atoms with Crippen LogP contribution in [0.1, 0.15) is 13.3 Å². The van der Waals surface area contributed by atoms with E-state index in [1.165, 1.54) is 0 Å². The van der Waals surface area contributed by atoms with Gasteiger partial charge in [0.2, 0.25) is 0 Å². The Kier molecular flexibility index (Phi) is 3.60. The van der Waals surface area contributed by atoms with Gasteiger partial charge in [-0.1, -0.05) is 6.92 Å². The zero-order valence-electron chi connectivity index (χ0n) is 10.9. The van der Waals surface area contributed by atoms with Crippen LogP contribution < -0.4 is 20.5 Å². The highest BCUT2D eigenvalue weighted by molar-refractivity contribution is 5.94. The molecule has 0 radical (unpaired) electrons. The van der Waals surface area contributed by atoms with Crippen LogP contribution in [0.25, 0.3) is 0 Å². The molecule has 0 aromatic heterocycles. The number of benzene rings is 1. The first kappa shape index (κ1) is 12.5. The highest BCUT2D eigenvalue weighted by Crippen LogP contribution is 2.33. The minimum Gasteiger partial charge on any atom is -0.497 e. The quantitative estimate of drug-likeness (QED) is 0.631. The lowest BCUT2D eigenvalue weighted by Gasteiger charge is -2.12. The van der Waals surface area contributed by atoms with E-state index in [-0.39, 0.29) is 0 Å². The van der Waals surface area contributed by atoms with Crippen LogP contribution >= 0.6 is 0 Å². The van der Waals surface area contributed by atoms with Gasteiger partial charge in [-0.3, -0.25) is 0 Å². The number of anilines is 1. The molecule has 1 fully saturated rings. The second-order valence-corrected chi connectivity index (χ2v) is 4.49. The topological polar surface area (TPSA) is 68.9 Å². The average Bonchev–Trinajstić information content (AvgIpc) is 3.04. The minimum atomic E-state index is 0.356. The summed E-state index contributed by atoms with van der Waals surface area (Å²) < 4.78 is 10.4. The van der Waals surface area contributed by atoms with Crippen molar-refractivity contribution in [2.24, 2.45) is 16.6 Å². The third-order valence-corrected chi connectivity index (χ3v) is 3.04. The summed E-state index contributed by atoms with van der Waals surface area (Å²) in [5, 5.41) is 3.05. The molecule has 0 aliphatic heterocycles. The predicted molar refractivity (Wildman–Crippen MR) is 72.4 cm³/mol. The first-order chi connectivity index (χ1) is 8.63. The normalized spacial score (nSPS) is 22.5. The predicted octanol–water partition coefficient (Wildman–Crippen LogP) is 1.84. The summed E-state index contributed by atoms with van der Waals surface area (Å²) in [6.45, 7) is 2.16. The lowest BCUT2D eigenvalue weighted by Crippen LogP contribution is -2.23. The number of aliphatic imine (C=N–C) groups is 1. The molecule has 2 atom stereocenters. The second kappa shape index (κ2) is 5.16. The van der Waals surface area contributed by atoms with E-state index in [2.05, 4.69) is 17.2 Å². The number of nitrogens with two attached hydrogens (primary N) is 1. The SMILES string of the molecule is COc1ccc(OC)c(NC(N)=NC2CC2C)c1. The average molecular weight is 249 g/mol. The standard InChI is InChI=1S/C13H19N3O2/c1-8-6-10(8)15-13(14)16-11-7-9(17-2)4-5-12(11)18-3/h4-5,7-8,10H,6H2,1-3H3,(H3,14,15,16). The van der Waals surface area contributed by atoms with Gasteiger partial charge in [0, 0.05) is 6.07 Å². The van der Waals surface area contributed by atoms with Crippen molar-refractivity contribution in [1.29, 1.82) is 0 Å². The van der Waals surface area contributed by atoms with Crippen molar-refractivity contribution in [3.8, 4) is 11.5 Å². The summed E-state index contributed by atoms with van der Waals surface area (Å²) >= 11 is 0. The fourth-order valence-electron chi connectivity index (χ4n) is 1.74. The molecule has 2 rings (SSSR count). The Labute approximate surface area is 107 Å². The zero-order valence-corrected chi connectivity index (χ0v) is 10.9.